The first-order chi connectivity index (χ1) is 8.70. The molecule has 0 aliphatic heterocycles. The summed E-state index contributed by atoms with van der Waals surface area (Å²) in [6, 6.07) is 15.6. The summed E-state index contributed by atoms with van der Waals surface area (Å²) in [5.41, 5.74) is 9.55. The molecule has 0 heterocycles. The van der Waals surface area contributed by atoms with Crippen LogP contribution in [0.15, 0.2) is 52.9 Å². The number of nitrogen functional groups attached to an aromatic ring is 1. The average Bonchev–Trinajstić information content (AvgIpc) is 2.40. The molecule has 0 saturated heterocycles. The van der Waals surface area contributed by atoms with Gasteiger partial charge in [0.15, 0.2) is 0 Å². The minimum absolute atomic E-state index is 0.228. The van der Waals surface area contributed by atoms with Crippen molar-refractivity contribution < 1.29 is 4.21 Å². The summed E-state index contributed by atoms with van der Waals surface area (Å²) in [4.78, 5) is 0. The van der Waals surface area contributed by atoms with Gasteiger partial charge >= 0.3 is 0 Å². The van der Waals surface area contributed by atoms with Crippen molar-refractivity contribution in [3.8, 4) is 0 Å². The van der Waals surface area contributed by atoms with Gasteiger partial charge in [0.25, 0.3) is 0 Å². The zero-order valence-corrected chi connectivity index (χ0v) is 10.9. The Bertz CT molecular complexity index is 572. The standard InChI is InChI=1S/C14H14N2OS/c1-10(11-2-6-13(15)7-3-11)12-4-8-14(9-5-12)16-18-17/h2-10H,15H2,1H3. The van der Waals surface area contributed by atoms with E-state index in [1.54, 1.807) is 0 Å². The van der Waals surface area contributed by atoms with Gasteiger partial charge in [0.05, 0.1) is 5.69 Å². The molecule has 0 bridgehead atoms. The van der Waals surface area contributed by atoms with Crippen molar-refractivity contribution in [3.05, 3.63) is 59.7 Å². The van der Waals surface area contributed by atoms with Crippen molar-refractivity contribution in [3.63, 3.8) is 0 Å². The number of benzene rings is 2. The van der Waals surface area contributed by atoms with E-state index in [0.29, 0.717) is 11.6 Å². The molecule has 2 N–H and O–H groups in total. The summed E-state index contributed by atoms with van der Waals surface area (Å²) in [6.07, 6.45) is 0. The van der Waals surface area contributed by atoms with Crippen LogP contribution < -0.4 is 5.73 Å². The Morgan fingerprint density at radius 2 is 1.50 bits per heavy atom. The fraction of sp³-hybridized carbons (Fsp3) is 0.143. The number of anilines is 1. The molecule has 0 aliphatic carbocycles. The molecule has 0 radical (unpaired) electrons. The van der Waals surface area contributed by atoms with Gasteiger partial charge in [-0.2, -0.15) is 8.57 Å². The fourth-order valence-corrected chi connectivity index (χ4v) is 2.05. The minimum Gasteiger partial charge on any atom is -0.399 e. The molecule has 18 heavy (non-hydrogen) atoms. The zero-order chi connectivity index (χ0) is 13.0. The SMILES string of the molecule is CC(c1ccc(N)cc1)c1ccc(N=S=O)cc1. The highest BCUT2D eigenvalue weighted by molar-refractivity contribution is 7.54. The smallest absolute Gasteiger partial charge is 0.205 e. The van der Waals surface area contributed by atoms with Crippen LogP contribution in [0.5, 0.6) is 0 Å². The molecule has 1 unspecified atom stereocenters. The molecule has 0 fully saturated rings. The molecule has 2 aromatic rings. The van der Waals surface area contributed by atoms with E-state index >= 15 is 0 Å². The molecule has 1 atom stereocenters. The molecule has 0 amide bonds. The van der Waals surface area contributed by atoms with Gasteiger partial charge in [0.2, 0.25) is 11.5 Å². The minimum atomic E-state index is 0.228. The Morgan fingerprint density at radius 3 is 2.00 bits per heavy atom. The number of rotatable bonds is 3. The van der Waals surface area contributed by atoms with Gasteiger partial charge in [-0.25, -0.2) is 0 Å². The molecule has 2 rings (SSSR count). The first-order valence-electron chi connectivity index (χ1n) is 5.66. The molecule has 0 saturated carbocycles. The third kappa shape index (κ3) is 2.84. The lowest BCUT2D eigenvalue weighted by Crippen LogP contribution is -1.96. The third-order valence-corrected chi connectivity index (χ3v) is 3.26. The second-order valence-electron chi connectivity index (χ2n) is 4.15. The van der Waals surface area contributed by atoms with Crippen molar-refractivity contribution in [2.24, 2.45) is 4.36 Å². The monoisotopic (exact) mass is 258 g/mol. The molecule has 3 nitrogen and oxygen atoms in total. The lowest BCUT2D eigenvalue weighted by atomic mass is 9.93. The zero-order valence-electron chi connectivity index (χ0n) is 10.0. The van der Waals surface area contributed by atoms with Gasteiger partial charge in [0.1, 0.15) is 0 Å². The number of nitrogens with two attached hydrogens (primary N) is 1. The van der Waals surface area contributed by atoms with Crippen molar-refractivity contribution in [2.45, 2.75) is 12.8 Å². The van der Waals surface area contributed by atoms with Crippen molar-refractivity contribution >= 4 is 22.8 Å². The van der Waals surface area contributed by atoms with E-state index in [-0.39, 0.29) is 11.5 Å². The Balaban J connectivity index is 2.25. The Labute approximate surface area is 110 Å². The van der Waals surface area contributed by atoms with E-state index < -0.39 is 0 Å². The lowest BCUT2D eigenvalue weighted by Gasteiger charge is -2.12. The Hall–Kier alpha value is -1.94. The second kappa shape index (κ2) is 5.60. The third-order valence-electron chi connectivity index (χ3n) is 2.97. The van der Waals surface area contributed by atoms with Crippen molar-refractivity contribution in [2.75, 3.05) is 5.73 Å². The van der Waals surface area contributed by atoms with Gasteiger partial charge in [0, 0.05) is 11.6 Å². The maximum Gasteiger partial charge on any atom is 0.205 e. The molecular weight excluding hydrogens is 244 g/mol. The summed E-state index contributed by atoms with van der Waals surface area (Å²) < 4.78 is 14.0. The van der Waals surface area contributed by atoms with Crippen LogP contribution in [0.3, 0.4) is 0 Å². The van der Waals surface area contributed by atoms with Gasteiger partial charge in [-0.05, 0) is 35.4 Å². The molecule has 0 aliphatic rings. The van der Waals surface area contributed by atoms with Crippen molar-refractivity contribution in [1.29, 1.82) is 0 Å². The van der Waals surface area contributed by atoms with Crippen LogP contribution in [0, 0.1) is 0 Å². The predicted molar refractivity (Wildman–Crippen MR) is 75.0 cm³/mol. The van der Waals surface area contributed by atoms with E-state index in [9.17, 15) is 4.21 Å². The molecule has 0 spiro atoms. The normalized spacial score (nSPS) is 11.8. The topological polar surface area (TPSA) is 55.4 Å². The molecule has 2 aromatic carbocycles. The maximum atomic E-state index is 10.3. The summed E-state index contributed by atoms with van der Waals surface area (Å²) in [5.74, 6) is 0.291. The second-order valence-corrected chi connectivity index (χ2v) is 4.48. The lowest BCUT2D eigenvalue weighted by molar-refractivity contribution is 0.698. The largest absolute Gasteiger partial charge is 0.399 e. The van der Waals surface area contributed by atoms with Crippen LogP contribution >= 0.6 is 0 Å². The van der Waals surface area contributed by atoms with Gasteiger partial charge in [-0.3, -0.25) is 0 Å². The Kier molecular flexibility index (Phi) is 3.89. The molecule has 4 heteroatoms. The quantitative estimate of drug-likeness (QED) is 0.857. The molecule has 92 valence electrons. The van der Waals surface area contributed by atoms with Crippen LogP contribution in [0.25, 0.3) is 0 Å². The van der Waals surface area contributed by atoms with E-state index in [0.717, 1.165) is 5.69 Å². The first kappa shape index (κ1) is 12.5. The fourth-order valence-electron chi connectivity index (χ4n) is 1.84. The highest BCUT2D eigenvalue weighted by Gasteiger charge is 2.07. The maximum absolute atomic E-state index is 10.3. The summed E-state index contributed by atoms with van der Waals surface area (Å²) in [7, 11) is 0. The summed E-state index contributed by atoms with van der Waals surface area (Å²) in [6.45, 7) is 2.14. The van der Waals surface area contributed by atoms with E-state index in [1.807, 2.05) is 48.5 Å². The summed E-state index contributed by atoms with van der Waals surface area (Å²) >= 11 is 0.228. The van der Waals surface area contributed by atoms with E-state index in [1.165, 1.54) is 11.1 Å². The van der Waals surface area contributed by atoms with Crippen LogP contribution in [-0.2, 0) is 11.5 Å². The van der Waals surface area contributed by atoms with Crippen LogP contribution in [0.2, 0.25) is 0 Å². The van der Waals surface area contributed by atoms with Gasteiger partial charge in [-0.1, -0.05) is 31.2 Å². The number of hydrogen-bond donors (Lipinski definition) is 1. The van der Waals surface area contributed by atoms with Crippen molar-refractivity contribution in [1.82, 2.24) is 0 Å². The molecular formula is C14H14N2OS. The highest BCUT2D eigenvalue weighted by Crippen LogP contribution is 2.26. The number of hydrogen-bond acceptors (Lipinski definition) is 3. The predicted octanol–water partition coefficient (Wildman–Crippen LogP) is 3.45. The van der Waals surface area contributed by atoms with Crippen LogP contribution in [0.4, 0.5) is 11.4 Å². The average molecular weight is 258 g/mol. The van der Waals surface area contributed by atoms with E-state index in [4.69, 9.17) is 5.73 Å². The van der Waals surface area contributed by atoms with Gasteiger partial charge < -0.3 is 5.73 Å². The summed E-state index contributed by atoms with van der Waals surface area (Å²) in [5, 5.41) is 0. The number of nitrogens with zero attached hydrogens (tertiary/aromatic N) is 1. The Morgan fingerprint density at radius 1 is 1.00 bits per heavy atom. The first-order valence-corrected chi connectivity index (χ1v) is 6.36. The van der Waals surface area contributed by atoms with Crippen LogP contribution in [-0.4, -0.2) is 4.21 Å². The van der Waals surface area contributed by atoms with E-state index in [2.05, 4.69) is 11.3 Å². The molecule has 0 aromatic heterocycles. The van der Waals surface area contributed by atoms with Gasteiger partial charge in [-0.15, -0.1) is 0 Å². The highest BCUT2D eigenvalue weighted by atomic mass is 32.1. The van der Waals surface area contributed by atoms with Crippen LogP contribution in [0.1, 0.15) is 24.0 Å².